The van der Waals surface area contributed by atoms with Crippen molar-refractivity contribution in [3.63, 3.8) is 0 Å². The normalized spacial score (nSPS) is 34.5. The number of amides is 3. The topological polar surface area (TPSA) is 90.4 Å². The zero-order chi connectivity index (χ0) is 26.1. The van der Waals surface area contributed by atoms with Crippen LogP contribution in [0.3, 0.4) is 0 Å². The Morgan fingerprint density at radius 3 is 2.42 bits per heavy atom. The second-order valence-corrected chi connectivity index (χ2v) is 10.9. The lowest BCUT2D eigenvalue weighted by Gasteiger charge is -2.39. The first kappa shape index (κ1) is 26.9. The summed E-state index contributed by atoms with van der Waals surface area (Å²) in [5.74, 6) is -1.74. The van der Waals surface area contributed by atoms with Crippen LogP contribution in [0.2, 0.25) is 0 Å². The van der Waals surface area contributed by atoms with E-state index in [1.807, 2.05) is 36.1 Å². The molecule has 4 heterocycles. The zero-order valence-electron chi connectivity index (χ0n) is 22.3. The molecule has 3 amide bonds. The maximum Gasteiger partial charge on any atom is 0.249 e. The van der Waals surface area contributed by atoms with Gasteiger partial charge in [-0.25, -0.2) is 0 Å². The zero-order valence-corrected chi connectivity index (χ0v) is 22.3. The van der Waals surface area contributed by atoms with Gasteiger partial charge in [-0.2, -0.15) is 0 Å². The number of unbranched alkanes of at least 4 members (excludes halogenated alkanes) is 3. The minimum atomic E-state index is -1.17. The van der Waals surface area contributed by atoms with Crippen LogP contribution in [0.25, 0.3) is 0 Å². The van der Waals surface area contributed by atoms with E-state index in [0.717, 1.165) is 38.5 Å². The quantitative estimate of drug-likeness (QED) is 0.367. The van der Waals surface area contributed by atoms with Crippen LogP contribution in [0.15, 0.2) is 24.3 Å². The molecule has 4 aliphatic rings. The Labute approximate surface area is 215 Å². The third kappa shape index (κ3) is 4.20. The Hall–Kier alpha value is -2.19. The molecule has 0 aromatic heterocycles. The van der Waals surface area contributed by atoms with Gasteiger partial charge in [-0.1, -0.05) is 57.4 Å². The Morgan fingerprint density at radius 2 is 1.72 bits per heavy atom. The van der Waals surface area contributed by atoms with Gasteiger partial charge in [0.25, 0.3) is 0 Å². The number of aliphatic hydroxyl groups is 1. The summed E-state index contributed by atoms with van der Waals surface area (Å²) in [5, 5.41) is 9.12. The first-order valence-electron chi connectivity index (χ1n) is 13.8. The van der Waals surface area contributed by atoms with Crippen LogP contribution < -0.4 is 0 Å². The van der Waals surface area contributed by atoms with Crippen molar-refractivity contribution >= 4 is 17.7 Å². The average Bonchev–Trinajstić information content (AvgIpc) is 3.15. The number of nitrogens with zero attached hydrogens (tertiary/aromatic N) is 3. The van der Waals surface area contributed by atoms with E-state index in [4.69, 9.17) is 9.84 Å². The second-order valence-electron chi connectivity index (χ2n) is 10.9. The number of likely N-dealkylation sites (N-methyl/N-ethyl adjacent to an activating group) is 1. The van der Waals surface area contributed by atoms with Crippen molar-refractivity contribution in [1.29, 1.82) is 0 Å². The van der Waals surface area contributed by atoms with Crippen LogP contribution in [0, 0.1) is 11.8 Å². The van der Waals surface area contributed by atoms with Crippen molar-refractivity contribution in [1.82, 2.24) is 14.7 Å². The van der Waals surface area contributed by atoms with Gasteiger partial charge in [0.15, 0.2) is 0 Å². The number of carbonyl (C=O) groups excluding carboxylic acids is 3. The largest absolute Gasteiger partial charge is 0.396 e. The number of carbonyl (C=O) groups is 3. The lowest BCUT2D eigenvalue weighted by atomic mass is 9.73. The average molecular weight is 502 g/mol. The molecule has 0 bridgehead atoms. The van der Waals surface area contributed by atoms with Crippen LogP contribution in [-0.2, 0) is 19.1 Å². The maximum absolute atomic E-state index is 14.2. The molecular weight excluding hydrogens is 458 g/mol. The molecule has 0 saturated carbocycles. The highest BCUT2D eigenvalue weighted by molar-refractivity contribution is 6.00. The molecule has 6 atom stereocenters. The molecule has 4 aliphatic heterocycles. The third-order valence-corrected chi connectivity index (χ3v) is 8.72. The Bertz CT molecular complexity index is 919. The van der Waals surface area contributed by atoms with Crippen molar-refractivity contribution < 1.29 is 24.2 Å². The summed E-state index contributed by atoms with van der Waals surface area (Å²) in [6, 6.07) is -0.740. The van der Waals surface area contributed by atoms with Gasteiger partial charge < -0.3 is 24.5 Å². The standard InChI is InChI=1S/C28H43N3O5/c1-5-13-20(3)30-18-12-15-28-22(21-24(33)29(4)16-11-14-27(21,6-2)36-28)25(34)31(23(28)26(30)35)17-9-7-8-10-19-32/h11-12,14-15,20-23,32H,5-10,13,16-19H2,1-4H3/t20?,21-,22-,23?,27+,28-/m0/s1. The molecule has 36 heavy (non-hydrogen) atoms. The fourth-order valence-corrected chi connectivity index (χ4v) is 6.86. The molecule has 2 saturated heterocycles. The van der Waals surface area contributed by atoms with Crippen LogP contribution in [0.4, 0.5) is 0 Å². The number of likely N-dealkylation sites (tertiary alicyclic amines) is 1. The van der Waals surface area contributed by atoms with Gasteiger partial charge in [0.2, 0.25) is 17.7 Å². The van der Waals surface area contributed by atoms with Crippen LogP contribution in [0.5, 0.6) is 0 Å². The van der Waals surface area contributed by atoms with E-state index in [2.05, 4.69) is 13.8 Å². The molecule has 2 unspecified atom stereocenters. The molecule has 0 aromatic rings. The molecule has 0 aromatic carbocycles. The molecular formula is C28H43N3O5. The van der Waals surface area contributed by atoms with E-state index in [9.17, 15) is 14.4 Å². The van der Waals surface area contributed by atoms with Crippen LogP contribution in [-0.4, -0.2) is 94.1 Å². The van der Waals surface area contributed by atoms with Gasteiger partial charge in [0.05, 0.1) is 17.4 Å². The fraction of sp³-hybridized carbons (Fsp3) is 0.750. The van der Waals surface area contributed by atoms with Gasteiger partial charge >= 0.3 is 0 Å². The summed E-state index contributed by atoms with van der Waals surface area (Å²) in [7, 11) is 1.77. The van der Waals surface area contributed by atoms with Crippen molar-refractivity contribution in [2.75, 3.05) is 33.3 Å². The van der Waals surface area contributed by atoms with Gasteiger partial charge in [-0.3, -0.25) is 14.4 Å². The first-order valence-corrected chi connectivity index (χ1v) is 13.8. The van der Waals surface area contributed by atoms with Gasteiger partial charge in [-0.05, 0) is 32.6 Å². The number of aliphatic hydroxyl groups excluding tert-OH is 1. The van der Waals surface area contributed by atoms with Crippen molar-refractivity contribution in [2.24, 2.45) is 11.8 Å². The summed E-state index contributed by atoms with van der Waals surface area (Å²) < 4.78 is 6.94. The Kier molecular flexibility index (Phi) is 7.95. The summed E-state index contributed by atoms with van der Waals surface area (Å²) in [4.78, 5) is 47.4. The highest BCUT2D eigenvalue weighted by Crippen LogP contribution is 2.58. The molecule has 4 rings (SSSR count). The fourth-order valence-electron chi connectivity index (χ4n) is 6.86. The number of fused-ring (bicyclic) bond motifs is 2. The second kappa shape index (κ2) is 10.7. The highest BCUT2D eigenvalue weighted by Gasteiger charge is 2.75. The number of ether oxygens (including phenoxy) is 1. The predicted molar refractivity (Wildman–Crippen MR) is 137 cm³/mol. The molecule has 0 radical (unpaired) electrons. The van der Waals surface area contributed by atoms with Crippen LogP contribution >= 0.6 is 0 Å². The lowest BCUT2D eigenvalue weighted by Crippen LogP contribution is -2.57. The highest BCUT2D eigenvalue weighted by atomic mass is 16.5. The van der Waals surface area contributed by atoms with Crippen LogP contribution in [0.1, 0.15) is 65.7 Å². The first-order chi connectivity index (χ1) is 17.3. The van der Waals surface area contributed by atoms with Gasteiger partial charge in [0.1, 0.15) is 11.6 Å². The summed E-state index contributed by atoms with van der Waals surface area (Å²) in [5.41, 5.74) is -2.08. The van der Waals surface area contributed by atoms with E-state index in [0.29, 0.717) is 26.1 Å². The molecule has 1 N–H and O–H groups in total. The van der Waals surface area contributed by atoms with Crippen molar-refractivity contribution in [3.8, 4) is 0 Å². The summed E-state index contributed by atoms with van der Waals surface area (Å²) in [6.07, 6.45) is 13.4. The monoisotopic (exact) mass is 501 g/mol. The Balaban J connectivity index is 1.77. The van der Waals surface area contributed by atoms with E-state index in [-0.39, 0.29) is 30.4 Å². The number of hydrogen-bond acceptors (Lipinski definition) is 5. The van der Waals surface area contributed by atoms with E-state index in [1.54, 1.807) is 16.8 Å². The third-order valence-electron chi connectivity index (χ3n) is 8.72. The minimum absolute atomic E-state index is 0.0440. The van der Waals surface area contributed by atoms with Crippen molar-refractivity contribution in [2.45, 2.75) is 89.0 Å². The lowest BCUT2D eigenvalue weighted by molar-refractivity contribution is -0.155. The van der Waals surface area contributed by atoms with Crippen molar-refractivity contribution in [3.05, 3.63) is 24.3 Å². The molecule has 8 heteroatoms. The molecule has 2 fully saturated rings. The van der Waals surface area contributed by atoms with E-state index >= 15 is 0 Å². The molecule has 200 valence electrons. The number of rotatable bonds is 10. The maximum atomic E-state index is 14.2. The van der Waals surface area contributed by atoms with E-state index in [1.165, 1.54) is 0 Å². The van der Waals surface area contributed by atoms with E-state index < -0.39 is 29.1 Å². The predicted octanol–water partition coefficient (Wildman–Crippen LogP) is 2.52. The number of hydrogen-bond donors (Lipinski definition) is 1. The molecule has 0 aliphatic carbocycles. The molecule has 8 nitrogen and oxygen atoms in total. The summed E-state index contributed by atoms with van der Waals surface area (Å²) in [6.45, 7) is 7.71. The van der Waals surface area contributed by atoms with Gasteiger partial charge in [-0.15, -0.1) is 0 Å². The minimum Gasteiger partial charge on any atom is -0.396 e. The van der Waals surface area contributed by atoms with Gasteiger partial charge in [0, 0.05) is 39.3 Å². The summed E-state index contributed by atoms with van der Waals surface area (Å²) >= 11 is 0. The molecule has 1 spiro atoms. The Morgan fingerprint density at radius 1 is 1.00 bits per heavy atom. The SMILES string of the molecule is CCCC(C)N1CC=C[C@]23O[C@]4(CC)C=CCN(C)C(=O)[C@@H]4[C@H]2C(=O)N(CCCCCCO)C3C1=O. The smallest absolute Gasteiger partial charge is 0.249 e.